The molecule has 1 aliphatic heterocycles. The van der Waals surface area contributed by atoms with Gasteiger partial charge in [-0.15, -0.1) is 0 Å². The number of hydrogen-bond acceptors (Lipinski definition) is 5. The number of likely N-dealkylation sites (tertiary alicyclic amines) is 1. The van der Waals surface area contributed by atoms with Gasteiger partial charge in [0.05, 0.1) is 18.1 Å². The van der Waals surface area contributed by atoms with Crippen molar-refractivity contribution >= 4 is 16.9 Å². The Kier molecular flexibility index (Phi) is 5.00. The lowest BCUT2D eigenvalue weighted by molar-refractivity contribution is -0.132. The van der Waals surface area contributed by atoms with Crippen molar-refractivity contribution in [3.63, 3.8) is 0 Å². The number of rotatable bonds is 5. The van der Waals surface area contributed by atoms with E-state index in [1.165, 1.54) is 5.69 Å². The molecule has 140 valence electrons. The Morgan fingerprint density at radius 2 is 1.93 bits per heavy atom. The zero-order chi connectivity index (χ0) is 18.6. The molecule has 1 amide bonds. The van der Waals surface area contributed by atoms with E-state index in [2.05, 4.69) is 20.2 Å². The van der Waals surface area contributed by atoms with Gasteiger partial charge in [0.15, 0.2) is 0 Å². The lowest BCUT2D eigenvalue weighted by Gasteiger charge is -2.31. The molecule has 1 saturated heterocycles. The first-order valence-electron chi connectivity index (χ1n) is 9.31. The lowest BCUT2D eigenvalue weighted by atomic mass is 9.93. The van der Waals surface area contributed by atoms with Crippen molar-refractivity contribution in [2.45, 2.75) is 31.6 Å². The third-order valence-electron chi connectivity index (χ3n) is 5.18. The molecule has 4 rings (SSSR count). The van der Waals surface area contributed by atoms with E-state index in [9.17, 15) is 4.79 Å². The van der Waals surface area contributed by atoms with Crippen LogP contribution in [-0.2, 0) is 11.2 Å². The summed E-state index contributed by atoms with van der Waals surface area (Å²) in [5, 5.41) is 7.06. The third kappa shape index (κ3) is 3.77. The topological polar surface area (TPSA) is 84.0 Å². The predicted molar refractivity (Wildman–Crippen MR) is 102 cm³/mol. The number of carbonyl (C=O) groups is 1. The van der Waals surface area contributed by atoms with Gasteiger partial charge in [0.25, 0.3) is 0 Å². The second-order valence-corrected chi connectivity index (χ2v) is 6.84. The maximum absolute atomic E-state index is 12.6. The molecule has 0 bridgehead atoms. The second-order valence-electron chi connectivity index (χ2n) is 6.84. The number of hydrogen-bond donors (Lipinski definition) is 1. The normalized spacial score (nSPS) is 15.2. The Bertz CT molecular complexity index is 917. The van der Waals surface area contributed by atoms with E-state index in [1.807, 2.05) is 35.2 Å². The first kappa shape index (κ1) is 17.5. The number of aromatic amines is 1. The Morgan fingerprint density at radius 3 is 2.59 bits per heavy atom. The van der Waals surface area contributed by atoms with Crippen LogP contribution >= 0.6 is 0 Å². The standard InChI is InChI=1S/C20H23N5O2/c1-27-20-18(22-16-4-2-3-5-17(16)23-20)6-7-19(26)25-12-9-14(10-13-25)15-8-11-21-24-15/h2-5,8,11,14H,6-7,9-10,12-13H2,1H3,(H,21,24). The van der Waals surface area contributed by atoms with Crippen LogP contribution in [0.1, 0.15) is 36.6 Å². The van der Waals surface area contributed by atoms with E-state index in [4.69, 9.17) is 4.74 Å². The summed E-state index contributed by atoms with van der Waals surface area (Å²) in [6.07, 6.45) is 4.66. The molecule has 1 aromatic carbocycles. The van der Waals surface area contributed by atoms with Gasteiger partial charge >= 0.3 is 0 Å². The minimum absolute atomic E-state index is 0.162. The van der Waals surface area contributed by atoms with Crippen molar-refractivity contribution in [1.82, 2.24) is 25.1 Å². The molecular formula is C20H23N5O2. The average Bonchev–Trinajstić information content (AvgIpc) is 3.26. The fourth-order valence-corrected chi connectivity index (χ4v) is 3.66. The Morgan fingerprint density at radius 1 is 1.19 bits per heavy atom. The monoisotopic (exact) mass is 365 g/mol. The first-order valence-corrected chi connectivity index (χ1v) is 9.31. The average molecular weight is 365 g/mol. The molecule has 0 spiro atoms. The molecule has 7 nitrogen and oxygen atoms in total. The number of nitrogens with zero attached hydrogens (tertiary/aromatic N) is 4. The Balaban J connectivity index is 1.37. The lowest BCUT2D eigenvalue weighted by Crippen LogP contribution is -2.38. The minimum Gasteiger partial charge on any atom is -0.480 e. The molecule has 0 unspecified atom stereocenters. The summed E-state index contributed by atoms with van der Waals surface area (Å²) in [4.78, 5) is 23.7. The number of H-pyrrole nitrogens is 1. The van der Waals surface area contributed by atoms with Crippen LogP contribution < -0.4 is 4.74 Å². The van der Waals surface area contributed by atoms with Gasteiger partial charge in [-0.1, -0.05) is 12.1 Å². The number of carbonyl (C=O) groups excluding carboxylic acids is 1. The third-order valence-corrected chi connectivity index (χ3v) is 5.18. The highest BCUT2D eigenvalue weighted by Crippen LogP contribution is 2.27. The predicted octanol–water partition coefficient (Wildman–Crippen LogP) is 2.70. The molecular weight excluding hydrogens is 342 g/mol. The molecule has 3 aromatic rings. The highest BCUT2D eigenvalue weighted by Gasteiger charge is 2.24. The molecule has 0 atom stereocenters. The number of aromatic nitrogens is 4. The molecule has 7 heteroatoms. The zero-order valence-electron chi connectivity index (χ0n) is 15.4. The van der Waals surface area contributed by atoms with Crippen LogP contribution in [0.3, 0.4) is 0 Å². The second kappa shape index (κ2) is 7.73. The van der Waals surface area contributed by atoms with Crippen LogP contribution in [0.25, 0.3) is 11.0 Å². The van der Waals surface area contributed by atoms with Gasteiger partial charge in [-0.3, -0.25) is 9.89 Å². The minimum atomic E-state index is 0.162. The van der Waals surface area contributed by atoms with E-state index in [0.29, 0.717) is 24.6 Å². The molecule has 27 heavy (non-hydrogen) atoms. The number of para-hydroxylation sites is 2. The van der Waals surface area contributed by atoms with Crippen LogP contribution in [0, 0.1) is 0 Å². The molecule has 1 fully saturated rings. The number of methoxy groups -OCH3 is 1. The van der Waals surface area contributed by atoms with Crippen molar-refractivity contribution in [1.29, 1.82) is 0 Å². The van der Waals surface area contributed by atoms with Crippen LogP contribution in [0.2, 0.25) is 0 Å². The van der Waals surface area contributed by atoms with Crippen molar-refractivity contribution in [3.8, 4) is 5.88 Å². The molecule has 0 aliphatic carbocycles. The summed E-state index contributed by atoms with van der Waals surface area (Å²) in [6.45, 7) is 1.56. The number of nitrogens with one attached hydrogen (secondary N) is 1. The molecule has 0 saturated carbocycles. The molecule has 1 aliphatic rings. The number of amides is 1. The SMILES string of the molecule is COc1nc2ccccc2nc1CCC(=O)N1CCC(c2ccn[nH]2)CC1. The fourth-order valence-electron chi connectivity index (χ4n) is 3.66. The summed E-state index contributed by atoms with van der Waals surface area (Å²) < 4.78 is 5.38. The van der Waals surface area contributed by atoms with Gasteiger partial charge in [0.1, 0.15) is 5.69 Å². The van der Waals surface area contributed by atoms with Crippen LogP contribution in [0.15, 0.2) is 36.5 Å². The molecule has 1 N–H and O–H groups in total. The molecule has 3 heterocycles. The quantitative estimate of drug-likeness (QED) is 0.751. The maximum Gasteiger partial charge on any atom is 0.235 e. The maximum atomic E-state index is 12.6. The summed E-state index contributed by atoms with van der Waals surface area (Å²) in [5.41, 5.74) is 3.52. The van der Waals surface area contributed by atoms with Crippen LogP contribution in [0.5, 0.6) is 5.88 Å². The van der Waals surface area contributed by atoms with Crippen LogP contribution in [0.4, 0.5) is 0 Å². The van der Waals surface area contributed by atoms with E-state index in [1.54, 1.807) is 13.3 Å². The fraction of sp³-hybridized carbons (Fsp3) is 0.400. The smallest absolute Gasteiger partial charge is 0.235 e. The van der Waals surface area contributed by atoms with Crippen molar-refractivity contribution in [3.05, 3.63) is 47.9 Å². The molecule has 0 radical (unpaired) electrons. The van der Waals surface area contributed by atoms with Crippen molar-refractivity contribution in [2.24, 2.45) is 0 Å². The van der Waals surface area contributed by atoms with Crippen molar-refractivity contribution < 1.29 is 9.53 Å². The van der Waals surface area contributed by atoms with E-state index in [-0.39, 0.29) is 5.91 Å². The summed E-state index contributed by atoms with van der Waals surface area (Å²) in [5.74, 6) is 1.12. The van der Waals surface area contributed by atoms with Gasteiger partial charge < -0.3 is 9.64 Å². The van der Waals surface area contributed by atoms with E-state index < -0.39 is 0 Å². The summed E-state index contributed by atoms with van der Waals surface area (Å²) in [6, 6.07) is 9.71. The Hall–Kier alpha value is -2.96. The zero-order valence-corrected chi connectivity index (χ0v) is 15.4. The van der Waals surface area contributed by atoms with Crippen LogP contribution in [-0.4, -0.2) is 51.2 Å². The largest absolute Gasteiger partial charge is 0.480 e. The Labute approximate surface area is 157 Å². The highest BCUT2D eigenvalue weighted by molar-refractivity contribution is 5.77. The van der Waals surface area contributed by atoms with E-state index >= 15 is 0 Å². The van der Waals surface area contributed by atoms with Gasteiger partial charge in [-0.2, -0.15) is 5.10 Å². The molecule has 2 aromatic heterocycles. The number of benzene rings is 1. The van der Waals surface area contributed by atoms with Gasteiger partial charge in [0, 0.05) is 43.7 Å². The number of aryl methyl sites for hydroxylation is 1. The highest BCUT2D eigenvalue weighted by atomic mass is 16.5. The summed E-state index contributed by atoms with van der Waals surface area (Å²) in [7, 11) is 1.59. The van der Waals surface area contributed by atoms with Gasteiger partial charge in [-0.05, 0) is 31.0 Å². The van der Waals surface area contributed by atoms with E-state index in [0.717, 1.165) is 42.7 Å². The first-order chi connectivity index (χ1) is 13.2. The number of fused-ring (bicyclic) bond motifs is 1. The van der Waals surface area contributed by atoms with Gasteiger partial charge in [-0.25, -0.2) is 9.97 Å². The number of piperidine rings is 1. The summed E-state index contributed by atoms with van der Waals surface area (Å²) >= 11 is 0. The van der Waals surface area contributed by atoms with Crippen molar-refractivity contribution in [2.75, 3.05) is 20.2 Å². The number of ether oxygens (including phenoxy) is 1. The van der Waals surface area contributed by atoms with Gasteiger partial charge in [0.2, 0.25) is 11.8 Å².